The Morgan fingerprint density at radius 1 is 1.11 bits per heavy atom. The van der Waals surface area contributed by atoms with E-state index in [1.165, 1.54) is 18.2 Å². The molecule has 0 saturated carbocycles. The number of methoxy groups -OCH3 is 1. The maximum Gasteiger partial charge on any atom is 0.416 e. The van der Waals surface area contributed by atoms with E-state index < -0.39 is 38.3 Å². The Kier molecular flexibility index (Phi) is 4.69. The lowest BCUT2D eigenvalue weighted by Gasteiger charge is -2.13. The molecule has 142 valence electrons. The second kappa shape index (κ2) is 6.58. The van der Waals surface area contributed by atoms with Crippen LogP contribution in [0, 0.1) is 0 Å². The molecule has 0 aliphatic rings. The molecule has 10 heteroatoms. The van der Waals surface area contributed by atoms with Crippen molar-refractivity contribution in [2.45, 2.75) is 11.1 Å². The summed E-state index contributed by atoms with van der Waals surface area (Å²) in [5, 5.41) is 0.0723. The molecule has 0 bridgehead atoms. The van der Waals surface area contributed by atoms with Crippen molar-refractivity contribution in [2.24, 2.45) is 0 Å². The molecule has 1 heterocycles. The van der Waals surface area contributed by atoms with E-state index in [1.54, 1.807) is 6.07 Å². The van der Waals surface area contributed by atoms with Crippen molar-refractivity contribution in [2.75, 3.05) is 7.11 Å². The molecule has 0 aliphatic heterocycles. The van der Waals surface area contributed by atoms with Crippen molar-refractivity contribution < 1.29 is 31.1 Å². The zero-order chi connectivity index (χ0) is 20.0. The highest BCUT2D eigenvalue weighted by atomic mass is 35.5. The third-order valence-corrected chi connectivity index (χ3v) is 5.94. The first kappa shape index (κ1) is 19.2. The number of ether oxygens (including phenoxy) is 1. The summed E-state index contributed by atoms with van der Waals surface area (Å²) < 4.78 is 70.4. The van der Waals surface area contributed by atoms with E-state index in [-0.39, 0.29) is 15.9 Å². The molecule has 0 radical (unpaired) electrons. The Labute approximate surface area is 157 Å². The van der Waals surface area contributed by atoms with Gasteiger partial charge in [-0.3, -0.25) is 0 Å². The van der Waals surface area contributed by atoms with E-state index in [0.29, 0.717) is 10.0 Å². The Hall–Kier alpha value is -2.52. The highest BCUT2D eigenvalue weighted by Crippen LogP contribution is 2.36. The molecule has 27 heavy (non-hydrogen) atoms. The first-order chi connectivity index (χ1) is 12.6. The monoisotopic (exact) mass is 417 g/mol. The summed E-state index contributed by atoms with van der Waals surface area (Å²) in [6, 6.07) is 9.20. The number of hydrogen-bond donors (Lipinski definition) is 0. The van der Waals surface area contributed by atoms with Crippen LogP contribution >= 0.6 is 11.6 Å². The molecular formula is C17H11ClF3NO4S. The quantitative estimate of drug-likeness (QED) is 0.595. The van der Waals surface area contributed by atoms with Crippen LogP contribution in [0.2, 0.25) is 5.02 Å². The molecule has 0 N–H and O–H groups in total. The van der Waals surface area contributed by atoms with Gasteiger partial charge in [-0.2, -0.15) is 13.2 Å². The van der Waals surface area contributed by atoms with E-state index in [0.717, 1.165) is 25.3 Å². The van der Waals surface area contributed by atoms with Crippen LogP contribution in [0.5, 0.6) is 0 Å². The predicted octanol–water partition coefficient (Wildman–Crippen LogP) is 4.34. The summed E-state index contributed by atoms with van der Waals surface area (Å²) in [5.74, 6) is -1.04. The third kappa shape index (κ3) is 3.17. The van der Waals surface area contributed by atoms with E-state index in [1.807, 2.05) is 0 Å². The molecule has 1 aromatic heterocycles. The van der Waals surface area contributed by atoms with Gasteiger partial charge < -0.3 is 4.74 Å². The van der Waals surface area contributed by atoms with Gasteiger partial charge in [-0.1, -0.05) is 35.9 Å². The van der Waals surface area contributed by atoms with Crippen LogP contribution in [0.25, 0.3) is 10.9 Å². The van der Waals surface area contributed by atoms with Gasteiger partial charge in [-0.15, -0.1) is 0 Å². The molecule has 0 fully saturated rings. The van der Waals surface area contributed by atoms with Crippen LogP contribution in [-0.2, 0) is 20.9 Å². The van der Waals surface area contributed by atoms with Crippen LogP contribution in [0.4, 0.5) is 13.2 Å². The SMILES string of the molecule is COC(=O)c1c(Cl)c2ccccc2n1S(=O)(=O)c1cccc(C(F)(F)F)c1. The number of fused-ring (bicyclic) bond motifs is 1. The second-order valence-corrected chi connectivity index (χ2v) is 7.63. The Morgan fingerprint density at radius 3 is 2.41 bits per heavy atom. The van der Waals surface area contributed by atoms with Gasteiger partial charge in [-0.25, -0.2) is 17.2 Å². The number of benzene rings is 2. The molecule has 2 aromatic carbocycles. The molecule has 0 amide bonds. The van der Waals surface area contributed by atoms with Gasteiger partial charge in [0.2, 0.25) is 0 Å². The summed E-state index contributed by atoms with van der Waals surface area (Å²) in [6.45, 7) is 0. The minimum absolute atomic E-state index is 0.0420. The number of nitrogens with zero attached hydrogens (tertiary/aromatic N) is 1. The molecular weight excluding hydrogens is 407 g/mol. The van der Waals surface area contributed by atoms with Gasteiger partial charge in [-0.05, 0) is 24.3 Å². The van der Waals surface area contributed by atoms with Gasteiger partial charge in [0.25, 0.3) is 10.0 Å². The molecule has 3 aromatic rings. The normalized spacial score (nSPS) is 12.3. The second-order valence-electron chi connectivity index (χ2n) is 5.47. The highest BCUT2D eigenvalue weighted by molar-refractivity contribution is 7.90. The van der Waals surface area contributed by atoms with Crippen molar-refractivity contribution in [1.82, 2.24) is 3.97 Å². The summed E-state index contributed by atoms with van der Waals surface area (Å²) in [7, 11) is -3.54. The fourth-order valence-electron chi connectivity index (χ4n) is 2.63. The molecule has 3 rings (SSSR count). The summed E-state index contributed by atoms with van der Waals surface area (Å²) in [4.78, 5) is 11.5. The smallest absolute Gasteiger partial charge is 0.416 e. The van der Waals surface area contributed by atoms with E-state index in [4.69, 9.17) is 11.6 Å². The minimum Gasteiger partial charge on any atom is -0.464 e. The van der Waals surface area contributed by atoms with E-state index in [9.17, 15) is 26.4 Å². The van der Waals surface area contributed by atoms with Crippen molar-refractivity contribution in [3.05, 3.63) is 64.8 Å². The number of rotatable bonds is 3. The lowest BCUT2D eigenvalue weighted by molar-refractivity contribution is -0.137. The lowest BCUT2D eigenvalue weighted by Crippen LogP contribution is -2.20. The summed E-state index contributed by atoms with van der Waals surface area (Å²) in [5.41, 5.74) is -1.58. The fourth-order valence-corrected chi connectivity index (χ4v) is 4.56. The van der Waals surface area contributed by atoms with Crippen molar-refractivity contribution >= 4 is 38.5 Å². The number of carbonyl (C=O) groups is 1. The number of hydrogen-bond acceptors (Lipinski definition) is 4. The van der Waals surface area contributed by atoms with Crippen LogP contribution in [-0.4, -0.2) is 25.5 Å². The molecule has 0 saturated heterocycles. The highest BCUT2D eigenvalue weighted by Gasteiger charge is 2.34. The molecule has 0 spiro atoms. The summed E-state index contributed by atoms with van der Waals surface area (Å²) >= 11 is 6.17. The average molecular weight is 418 g/mol. The topological polar surface area (TPSA) is 65.4 Å². The maximum absolute atomic E-state index is 13.1. The van der Waals surface area contributed by atoms with E-state index in [2.05, 4.69) is 4.74 Å². The van der Waals surface area contributed by atoms with Crippen molar-refractivity contribution in [1.29, 1.82) is 0 Å². The minimum atomic E-state index is -4.73. The van der Waals surface area contributed by atoms with Crippen molar-refractivity contribution in [3.8, 4) is 0 Å². The molecule has 0 atom stereocenters. The zero-order valence-corrected chi connectivity index (χ0v) is 15.2. The Bertz CT molecular complexity index is 1150. The van der Waals surface area contributed by atoms with E-state index >= 15 is 0 Å². The van der Waals surface area contributed by atoms with Crippen LogP contribution in [0.1, 0.15) is 16.1 Å². The number of halogens is 4. The van der Waals surface area contributed by atoms with Crippen LogP contribution in [0.3, 0.4) is 0 Å². The average Bonchev–Trinajstić information content (AvgIpc) is 2.94. The summed E-state index contributed by atoms with van der Waals surface area (Å²) in [6.07, 6.45) is -4.73. The zero-order valence-electron chi connectivity index (χ0n) is 13.6. The van der Waals surface area contributed by atoms with Crippen LogP contribution < -0.4 is 0 Å². The number of para-hydroxylation sites is 1. The van der Waals surface area contributed by atoms with Crippen LogP contribution in [0.15, 0.2) is 53.4 Å². The van der Waals surface area contributed by atoms with Crippen molar-refractivity contribution in [3.63, 3.8) is 0 Å². The number of aromatic nitrogens is 1. The van der Waals surface area contributed by atoms with Gasteiger partial charge in [0.15, 0.2) is 5.69 Å². The Balaban J connectivity index is 2.36. The first-order valence-electron chi connectivity index (χ1n) is 7.39. The fraction of sp³-hybridized carbons (Fsp3) is 0.118. The van der Waals surface area contributed by atoms with Gasteiger partial charge in [0, 0.05) is 5.39 Å². The van der Waals surface area contributed by atoms with Gasteiger partial charge in [0.1, 0.15) is 0 Å². The lowest BCUT2D eigenvalue weighted by atomic mass is 10.2. The molecule has 0 aliphatic carbocycles. The maximum atomic E-state index is 13.1. The Morgan fingerprint density at radius 2 is 1.78 bits per heavy atom. The number of esters is 1. The third-order valence-electron chi connectivity index (χ3n) is 3.85. The molecule has 5 nitrogen and oxygen atoms in total. The predicted molar refractivity (Wildman–Crippen MR) is 92.3 cm³/mol. The number of carbonyl (C=O) groups excluding carboxylic acids is 1. The van der Waals surface area contributed by atoms with Gasteiger partial charge in [0.05, 0.1) is 28.1 Å². The largest absolute Gasteiger partial charge is 0.464 e. The standard InChI is InChI=1S/C17H11ClF3NO4S/c1-26-16(23)15-14(18)12-7-2-3-8-13(12)22(15)27(24,25)11-6-4-5-10(9-11)17(19,20)21/h2-9H,1H3. The van der Waals surface area contributed by atoms with Gasteiger partial charge >= 0.3 is 12.1 Å². The number of alkyl halides is 3. The molecule has 0 unspecified atom stereocenters. The first-order valence-corrected chi connectivity index (χ1v) is 9.21.